The summed E-state index contributed by atoms with van der Waals surface area (Å²) in [4.78, 5) is 8.95. The van der Waals surface area contributed by atoms with E-state index in [-0.39, 0.29) is 0 Å². The fourth-order valence-electron chi connectivity index (χ4n) is 3.16. The van der Waals surface area contributed by atoms with Gasteiger partial charge >= 0.3 is 0 Å². The number of nitrogens with zero attached hydrogens (tertiary/aromatic N) is 2. The number of fused-ring (bicyclic) bond motifs is 1. The monoisotopic (exact) mass is 376 g/mol. The third kappa shape index (κ3) is 4.52. The molecule has 1 aliphatic heterocycles. The largest absolute Gasteiger partial charge is 0.490 e. The van der Waals surface area contributed by atoms with Crippen LogP contribution in [0, 0.1) is 0 Å². The lowest BCUT2D eigenvalue weighted by molar-refractivity contribution is 0.258. The van der Waals surface area contributed by atoms with E-state index in [4.69, 9.17) is 14.5 Å². The van der Waals surface area contributed by atoms with Gasteiger partial charge in [-0.05, 0) is 49.1 Å². The molecule has 2 aliphatic rings. The Hall–Kier alpha value is -3.28. The van der Waals surface area contributed by atoms with Crippen molar-refractivity contribution in [3.05, 3.63) is 71.8 Å². The lowest BCUT2D eigenvalue weighted by Crippen LogP contribution is -2.28. The van der Waals surface area contributed by atoms with Crippen LogP contribution in [0.15, 0.2) is 59.9 Å². The minimum Gasteiger partial charge on any atom is -0.490 e. The van der Waals surface area contributed by atoms with Crippen molar-refractivity contribution in [2.45, 2.75) is 32.3 Å². The Morgan fingerprint density at radius 2 is 1.89 bits per heavy atom. The molecule has 0 spiro atoms. The van der Waals surface area contributed by atoms with Gasteiger partial charge in [0.15, 0.2) is 11.5 Å². The van der Waals surface area contributed by atoms with E-state index in [9.17, 15) is 0 Å². The summed E-state index contributed by atoms with van der Waals surface area (Å²) in [5.74, 6) is 2.99. The van der Waals surface area contributed by atoms with Gasteiger partial charge in [-0.2, -0.15) is 0 Å². The average Bonchev–Trinajstić information content (AvgIpc) is 3.15. The molecule has 144 valence electrons. The molecule has 1 aromatic heterocycles. The van der Waals surface area contributed by atoms with Crippen LogP contribution >= 0.6 is 0 Å². The summed E-state index contributed by atoms with van der Waals surface area (Å²) in [6.45, 7) is 4.73. The molecule has 6 heteroatoms. The number of ether oxygens (including phenoxy) is 2. The minimum absolute atomic E-state index is 0.413. The number of hydrogen-bond donors (Lipinski definition) is 2. The molecule has 0 atom stereocenters. The first-order valence-corrected chi connectivity index (χ1v) is 9.56. The topological polar surface area (TPSA) is 67.8 Å². The van der Waals surface area contributed by atoms with Crippen molar-refractivity contribution in [2.75, 3.05) is 6.61 Å². The maximum Gasteiger partial charge on any atom is 0.161 e. The van der Waals surface area contributed by atoms with Crippen LogP contribution in [0.2, 0.25) is 0 Å². The number of aliphatic imine (C=N–C) groups is 1. The molecule has 0 amide bonds. The van der Waals surface area contributed by atoms with Crippen LogP contribution in [0.4, 0.5) is 0 Å². The molecular formula is C22H24N4O2. The van der Waals surface area contributed by atoms with Crippen molar-refractivity contribution in [3.8, 4) is 11.5 Å². The van der Waals surface area contributed by atoms with E-state index in [0.29, 0.717) is 19.0 Å². The Morgan fingerprint density at radius 3 is 2.71 bits per heavy atom. The van der Waals surface area contributed by atoms with Crippen molar-refractivity contribution >= 4 is 11.9 Å². The highest BCUT2D eigenvalue weighted by Gasteiger charge is 2.10. The number of nitrogens with one attached hydrogen (secondary N) is 2. The Bertz CT molecular complexity index is 921. The quantitative estimate of drug-likeness (QED) is 0.687. The Morgan fingerprint density at radius 1 is 1.04 bits per heavy atom. The van der Waals surface area contributed by atoms with Crippen molar-refractivity contribution < 1.29 is 9.47 Å². The standard InChI is InChI=1S/C22H24N4O2/c1-16-23-22(26-25-16)11-6-14-27-20-9-4-5-10-21(20)28-15-18-13-12-17-7-2-3-8-19(17)24-18/h3-5,8-10,12-13,25H,1-2,6-7,11,14-15H2,(H,23,26). The number of para-hydroxylation sites is 2. The average molecular weight is 376 g/mol. The van der Waals surface area contributed by atoms with Crippen molar-refractivity contribution in [2.24, 2.45) is 4.99 Å². The number of allylic oxidation sites excluding steroid dienone is 1. The summed E-state index contributed by atoms with van der Waals surface area (Å²) in [5.41, 5.74) is 9.12. The molecule has 1 aliphatic carbocycles. The van der Waals surface area contributed by atoms with Gasteiger partial charge in [0.25, 0.3) is 0 Å². The molecule has 0 saturated carbocycles. The fourth-order valence-corrected chi connectivity index (χ4v) is 3.16. The molecule has 2 N–H and O–H groups in total. The second-order valence-electron chi connectivity index (χ2n) is 6.73. The molecule has 28 heavy (non-hydrogen) atoms. The number of amidine groups is 1. The number of pyridine rings is 1. The van der Waals surface area contributed by atoms with Gasteiger partial charge in [0.05, 0.1) is 18.0 Å². The number of benzene rings is 1. The lowest BCUT2D eigenvalue weighted by Gasteiger charge is -2.14. The van der Waals surface area contributed by atoms with Gasteiger partial charge in [-0.1, -0.05) is 30.9 Å². The second kappa shape index (κ2) is 8.61. The van der Waals surface area contributed by atoms with E-state index in [1.54, 1.807) is 0 Å². The molecule has 4 rings (SSSR count). The second-order valence-corrected chi connectivity index (χ2v) is 6.73. The van der Waals surface area contributed by atoms with Crippen LogP contribution in [0.1, 0.15) is 36.2 Å². The summed E-state index contributed by atoms with van der Waals surface area (Å²) in [6, 6.07) is 11.9. The van der Waals surface area contributed by atoms with E-state index in [1.165, 1.54) is 5.56 Å². The Balaban J connectivity index is 1.31. The van der Waals surface area contributed by atoms with E-state index in [0.717, 1.165) is 54.4 Å². The molecular weight excluding hydrogens is 352 g/mol. The predicted molar refractivity (Wildman–Crippen MR) is 110 cm³/mol. The first-order chi connectivity index (χ1) is 13.8. The van der Waals surface area contributed by atoms with Crippen LogP contribution in [0.25, 0.3) is 6.08 Å². The van der Waals surface area contributed by atoms with Crippen molar-refractivity contribution in [1.82, 2.24) is 15.8 Å². The number of rotatable bonds is 8. The van der Waals surface area contributed by atoms with E-state index >= 15 is 0 Å². The maximum absolute atomic E-state index is 5.99. The third-order valence-electron chi connectivity index (χ3n) is 4.59. The molecule has 0 radical (unpaired) electrons. The predicted octanol–water partition coefficient (Wildman–Crippen LogP) is 3.76. The van der Waals surface area contributed by atoms with Gasteiger partial charge in [0.2, 0.25) is 0 Å². The zero-order valence-corrected chi connectivity index (χ0v) is 15.8. The zero-order chi connectivity index (χ0) is 19.2. The van der Waals surface area contributed by atoms with Gasteiger partial charge in [0.1, 0.15) is 18.3 Å². The normalized spacial score (nSPS) is 14.7. The highest BCUT2D eigenvalue weighted by atomic mass is 16.5. The molecule has 0 unspecified atom stereocenters. The molecule has 2 heterocycles. The van der Waals surface area contributed by atoms with Crippen LogP contribution < -0.4 is 20.3 Å². The third-order valence-corrected chi connectivity index (χ3v) is 4.59. The van der Waals surface area contributed by atoms with Crippen molar-refractivity contribution in [3.63, 3.8) is 0 Å². The summed E-state index contributed by atoms with van der Waals surface area (Å²) in [7, 11) is 0. The summed E-state index contributed by atoms with van der Waals surface area (Å²) in [6.07, 6.45) is 8.04. The minimum atomic E-state index is 0.413. The SMILES string of the molecule is C=C1N=C(CCCOc2ccccc2OCc2ccc3c(n2)C=CCC3)NN1. The van der Waals surface area contributed by atoms with Gasteiger partial charge in [-0.3, -0.25) is 10.9 Å². The summed E-state index contributed by atoms with van der Waals surface area (Å²) >= 11 is 0. The number of hydrogen-bond acceptors (Lipinski definition) is 6. The Labute approximate surface area is 165 Å². The van der Waals surface area contributed by atoms with E-state index in [1.807, 2.05) is 30.3 Å². The van der Waals surface area contributed by atoms with Gasteiger partial charge in [0, 0.05) is 6.42 Å². The van der Waals surface area contributed by atoms with Crippen LogP contribution in [-0.4, -0.2) is 17.4 Å². The molecule has 2 aromatic rings. The Kier molecular flexibility index (Phi) is 5.56. The maximum atomic E-state index is 5.99. The van der Waals surface area contributed by atoms with Crippen LogP contribution in [0.5, 0.6) is 11.5 Å². The molecule has 0 fully saturated rings. The fraction of sp³-hybridized carbons (Fsp3) is 0.273. The summed E-state index contributed by atoms with van der Waals surface area (Å²) in [5, 5.41) is 0. The smallest absolute Gasteiger partial charge is 0.161 e. The zero-order valence-electron chi connectivity index (χ0n) is 15.8. The van der Waals surface area contributed by atoms with Crippen molar-refractivity contribution in [1.29, 1.82) is 0 Å². The van der Waals surface area contributed by atoms with Gasteiger partial charge in [-0.25, -0.2) is 9.98 Å². The molecule has 0 saturated heterocycles. The van der Waals surface area contributed by atoms with Gasteiger partial charge < -0.3 is 9.47 Å². The summed E-state index contributed by atoms with van der Waals surface area (Å²) < 4.78 is 11.9. The first-order valence-electron chi connectivity index (χ1n) is 9.56. The molecule has 6 nitrogen and oxygen atoms in total. The van der Waals surface area contributed by atoms with Crippen LogP contribution in [0.3, 0.4) is 0 Å². The number of aromatic nitrogens is 1. The first kappa shape index (κ1) is 18.1. The number of aryl methyl sites for hydroxylation is 1. The molecule has 1 aromatic carbocycles. The number of hydrazine groups is 1. The molecule has 0 bridgehead atoms. The highest BCUT2D eigenvalue weighted by molar-refractivity contribution is 5.84. The van der Waals surface area contributed by atoms with E-state index < -0.39 is 0 Å². The highest BCUT2D eigenvalue weighted by Crippen LogP contribution is 2.27. The van der Waals surface area contributed by atoms with Gasteiger partial charge in [-0.15, -0.1) is 0 Å². The van der Waals surface area contributed by atoms with E-state index in [2.05, 4.69) is 40.6 Å². The van der Waals surface area contributed by atoms with Crippen LogP contribution in [-0.2, 0) is 13.0 Å². The lowest BCUT2D eigenvalue weighted by atomic mass is 10.0.